The van der Waals surface area contributed by atoms with Gasteiger partial charge in [0.1, 0.15) is 0 Å². The Morgan fingerprint density at radius 1 is 1.50 bits per heavy atom. The molecule has 7 nitrogen and oxygen atoms in total. The van der Waals surface area contributed by atoms with E-state index in [4.69, 9.17) is 5.21 Å². The predicted molar refractivity (Wildman–Crippen MR) is 61.3 cm³/mol. The molecule has 84 valence electrons. The molecule has 0 heterocycles. The van der Waals surface area contributed by atoms with Gasteiger partial charge in [0, 0.05) is 12.1 Å². The van der Waals surface area contributed by atoms with Gasteiger partial charge in [-0.2, -0.15) is 5.10 Å². The summed E-state index contributed by atoms with van der Waals surface area (Å²) in [6, 6.07) is 5.81. The van der Waals surface area contributed by atoms with E-state index in [0.29, 0.717) is 5.56 Å². The lowest BCUT2D eigenvalue weighted by atomic mass is 10.2. The summed E-state index contributed by atoms with van der Waals surface area (Å²) in [6.07, 6.45) is 1.41. The Labute approximate surface area is 95.9 Å². The number of nitro groups is 1. The van der Waals surface area contributed by atoms with E-state index in [-0.39, 0.29) is 10.8 Å². The van der Waals surface area contributed by atoms with Crippen LogP contribution in [0.2, 0.25) is 0 Å². The van der Waals surface area contributed by atoms with Crippen LogP contribution >= 0.6 is 12.2 Å². The minimum Gasteiger partial charge on any atom is -0.289 e. The molecule has 1 aromatic rings. The summed E-state index contributed by atoms with van der Waals surface area (Å²) in [5.41, 5.74) is 4.69. The third kappa shape index (κ3) is 3.59. The molecule has 0 amide bonds. The van der Waals surface area contributed by atoms with Crippen LogP contribution in [-0.2, 0) is 0 Å². The minimum absolute atomic E-state index is 0.0117. The molecule has 0 saturated carbocycles. The molecule has 0 aliphatic heterocycles. The molecule has 0 aliphatic carbocycles. The molecule has 16 heavy (non-hydrogen) atoms. The highest BCUT2D eigenvalue weighted by Gasteiger charge is 2.02. The van der Waals surface area contributed by atoms with E-state index >= 15 is 0 Å². The van der Waals surface area contributed by atoms with Gasteiger partial charge < -0.3 is 0 Å². The lowest BCUT2D eigenvalue weighted by Gasteiger charge is -1.98. The molecule has 8 heteroatoms. The fourth-order valence-electron chi connectivity index (χ4n) is 0.873. The number of nitrogens with one attached hydrogen (secondary N) is 2. The topological polar surface area (TPSA) is 99.8 Å². The number of hydrogen-bond donors (Lipinski definition) is 3. The van der Waals surface area contributed by atoms with E-state index in [1.165, 1.54) is 18.3 Å². The van der Waals surface area contributed by atoms with Gasteiger partial charge in [0.25, 0.3) is 5.69 Å². The Hall–Kier alpha value is -2.06. The maximum Gasteiger partial charge on any atom is 0.269 e. The van der Waals surface area contributed by atoms with Gasteiger partial charge in [-0.3, -0.25) is 20.7 Å². The van der Waals surface area contributed by atoms with Crippen molar-refractivity contribution in [3.05, 3.63) is 39.9 Å². The highest BCUT2D eigenvalue weighted by atomic mass is 32.1. The summed E-state index contributed by atoms with van der Waals surface area (Å²) in [5, 5.41) is 22.3. The van der Waals surface area contributed by atoms with Crippen LogP contribution in [0.15, 0.2) is 29.4 Å². The molecule has 0 saturated heterocycles. The van der Waals surface area contributed by atoms with Crippen molar-refractivity contribution in [3.8, 4) is 0 Å². The van der Waals surface area contributed by atoms with Crippen molar-refractivity contribution in [2.24, 2.45) is 5.10 Å². The average Bonchev–Trinajstić information content (AvgIpc) is 2.29. The summed E-state index contributed by atoms with van der Waals surface area (Å²) in [6.45, 7) is 0. The number of hydrogen-bond acceptors (Lipinski definition) is 5. The zero-order chi connectivity index (χ0) is 12.0. The number of hydrazone groups is 1. The smallest absolute Gasteiger partial charge is 0.269 e. The Morgan fingerprint density at radius 3 is 2.62 bits per heavy atom. The standard InChI is InChI=1S/C8H8N4O3S/c13-11-8(16)10-9-5-6-1-3-7(4-2-6)12(14)15/h1-5,13H,(H2,10,11,16)/b9-5+. The molecule has 0 spiro atoms. The van der Waals surface area contributed by atoms with Crippen LogP contribution in [0.3, 0.4) is 0 Å². The lowest BCUT2D eigenvalue weighted by molar-refractivity contribution is -0.384. The second-order valence-electron chi connectivity index (χ2n) is 2.66. The van der Waals surface area contributed by atoms with E-state index in [1.807, 2.05) is 0 Å². The van der Waals surface area contributed by atoms with Gasteiger partial charge in [-0.15, -0.1) is 0 Å². The van der Waals surface area contributed by atoms with Crippen LogP contribution < -0.4 is 10.9 Å². The fourth-order valence-corrected chi connectivity index (χ4v) is 0.925. The van der Waals surface area contributed by atoms with Crippen molar-refractivity contribution in [1.29, 1.82) is 0 Å². The van der Waals surface area contributed by atoms with Gasteiger partial charge in [-0.05, 0) is 29.9 Å². The summed E-state index contributed by atoms with van der Waals surface area (Å²) >= 11 is 4.55. The Balaban J connectivity index is 2.61. The maximum atomic E-state index is 10.4. The molecule has 0 radical (unpaired) electrons. The van der Waals surface area contributed by atoms with Crippen molar-refractivity contribution >= 4 is 29.2 Å². The monoisotopic (exact) mass is 240 g/mol. The summed E-state index contributed by atoms with van der Waals surface area (Å²) in [7, 11) is 0. The number of nitrogens with zero attached hydrogens (tertiary/aromatic N) is 2. The third-order valence-corrected chi connectivity index (χ3v) is 1.77. The largest absolute Gasteiger partial charge is 0.289 e. The second-order valence-corrected chi connectivity index (χ2v) is 3.07. The number of rotatable bonds is 3. The van der Waals surface area contributed by atoms with Crippen molar-refractivity contribution in [1.82, 2.24) is 10.9 Å². The predicted octanol–water partition coefficient (Wildman–Crippen LogP) is 0.782. The summed E-state index contributed by atoms with van der Waals surface area (Å²) in [5.74, 6) is 0. The number of non-ortho nitro benzene ring substituents is 1. The molecular weight excluding hydrogens is 232 g/mol. The Morgan fingerprint density at radius 2 is 2.12 bits per heavy atom. The average molecular weight is 240 g/mol. The van der Waals surface area contributed by atoms with Gasteiger partial charge in [-0.1, -0.05) is 0 Å². The van der Waals surface area contributed by atoms with Crippen LogP contribution in [0.4, 0.5) is 5.69 Å². The molecular formula is C8H8N4O3S. The van der Waals surface area contributed by atoms with E-state index in [1.54, 1.807) is 17.6 Å². The molecule has 1 aromatic carbocycles. The normalized spacial score (nSPS) is 10.1. The van der Waals surface area contributed by atoms with Crippen molar-refractivity contribution in [2.75, 3.05) is 0 Å². The van der Waals surface area contributed by atoms with Crippen LogP contribution in [-0.4, -0.2) is 21.5 Å². The van der Waals surface area contributed by atoms with Crippen LogP contribution in [0.25, 0.3) is 0 Å². The van der Waals surface area contributed by atoms with Crippen molar-refractivity contribution in [2.45, 2.75) is 0 Å². The van der Waals surface area contributed by atoms with E-state index in [0.717, 1.165) is 0 Å². The number of nitro benzene ring substituents is 1. The van der Waals surface area contributed by atoms with Gasteiger partial charge in [0.05, 0.1) is 11.1 Å². The zero-order valence-electron chi connectivity index (χ0n) is 7.95. The van der Waals surface area contributed by atoms with Gasteiger partial charge in [0.15, 0.2) is 0 Å². The number of benzene rings is 1. The van der Waals surface area contributed by atoms with Gasteiger partial charge in [0.2, 0.25) is 5.11 Å². The highest BCUT2D eigenvalue weighted by molar-refractivity contribution is 7.80. The number of hydroxylamine groups is 1. The fraction of sp³-hybridized carbons (Fsp3) is 0. The molecule has 0 unspecified atom stereocenters. The summed E-state index contributed by atoms with van der Waals surface area (Å²) in [4.78, 5) is 9.88. The second kappa shape index (κ2) is 5.73. The first-order valence-electron chi connectivity index (χ1n) is 4.11. The maximum absolute atomic E-state index is 10.4. The van der Waals surface area contributed by atoms with Gasteiger partial charge in [-0.25, -0.2) is 5.48 Å². The minimum atomic E-state index is -0.482. The van der Waals surface area contributed by atoms with Crippen LogP contribution in [0.1, 0.15) is 5.56 Å². The number of thiocarbonyl (C=S) groups is 1. The Bertz CT molecular complexity index is 418. The van der Waals surface area contributed by atoms with Crippen molar-refractivity contribution < 1.29 is 10.1 Å². The molecule has 0 aliphatic rings. The van der Waals surface area contributed by atoms with E-state index in [2.05, 4.69) is 22.7 Å². The summed E-state index contributed by atoms with van der Waals surface area (Å²) < 4.78 is 0. The molecule has 0 fully saturated rings. The first-order chi connectivity index (χ1) is 7.63. The molecule has 3 N–H and O–H groups in total. The molecule has 1 rings (SSSR count). The van der Waals surface area contributed by atoms with Crippen LogP contribution in [0.5, 0.6) is 0 Å². The molecule has 0 aromatic heterocycles. The lowest BCUT2D eigenvalue weighted by Crippen LogP contribution is -2.28. The SMILES string of the molecule is O=[N+]([O-])c1ccc(/C=N/NC(=S)NO)cc1. The quantitative estimate of drug-likeness (QED) is 0.312. The van der Waals surface area contributed by atoms with Gasteiger partial charge >= 0.3 is 0 Å². The molecule has 0 atom stereocenters. The van der Waals surface area contributed by atoms with E-state index in [9.17, 15) is 10.1 Å². The zero-order valence-corrected chi connectivity index (χ0v) is 8.77. The third-order valence-electron chi connectivity index (χ3n) is 1.59. The first-order valence-corrected chi connectivity index (χ1v) is 4.52. The first kappa shape index (κ1) is 12.0. The van der Waals surface area contributed by atoms with Crippen molar-refractivity contribution in [3.63, 3.8) is 0 Å². The highest BCUT2D eigenvalue weighted by Crippen LogP contribution is 2.10. The Kier molecular flexibility index (Phi) is 4.30. The van der Waals surface area contributed by atoms with Crippen LogP contribution in [0, 0.1) is 10.1 Å². The van der Waals surface area contributed by atoms with E-state index < -0.39 is 4.92 Å². The molecule has 0 bridgehead atoms.